The quantitative estimate of drug-likeness (QED) is 0.615. The highest BCUT2D eigenvalue weighted by Crippen LogP contribution is 2.15. The van der Waals surface area contributed by atoms with Gasteiger partial charge in [0.15, 0.2) is 0 Å². The number of carbonyl (C=O) groups excluding carboxylic acids is 2. The molecule has 0 saturated heterocycles. The Balaban J connectivity index is 1.45. The third-order valence-electron chi connectivity index (χ3n) is 4.40. The lowest BCUT2D eigenvalue weighted by Crippen LogP contribution is -2.38. The Hall–Kier alpha value is -3.35. The van der Waals surface area contributed by atoms with Crippen LogP contribution in [0.15, 0.2) is 48.5 Å². The largest absolute Gasteiger partial charge is 0.491 e. The maximum absolute atomic E-state index is 12.2. The number of nitrogens with one attached hydrogen (secondary N) is 2. The fraction of sp³-hybridized carbons (Fsp3) is 0.318. The Morgan fingerprint density at radius 1 is 1.07 bits per heavy atom. The summed E-state index contributed by atoms with van der Waals surface area (Å²) in [5.41, 5.74) is 2.46. The predicted molar refractivity (Wildman–Crippen MR) is 112 cm³/mol. The van der Waals surface area contributed by atoms with Gasteiger partial charge in [-0.2, -0.15) is 0 Å². The number of amides is 2. The molecule has 3 aromatic rings. The predicted octanol–water partition coefficient (Wildman–Crippen LogP) is 2.68. The van der Waals surface area contributed by atoms with Crippen LogP contribution >= 0.6 is 0 Å². The van der Waals surface area contributed by atoms with Gasteiger partial charge in [-0.3, -0.25) is 9.59 Å². The molecule has 0 aliphatic carbocycles. The van der Waals surface area contributed by atoms with Crippen molar-refractivity contribution in [3.05, 3.63) is 59.9 Å². The summed E-state index contributed by atoms with van der Waals surface area (Å²) < 4.78 is 7.62. The van der Waals surface area contributed by atoms with Crippen LogP contribution in [-0.4, -0.2) is 40.6 Å². The maximum Gasteiger partial charge on any atom is 0.251 e. The van der Waals surface area contributed by atoms with Gasteiger partial charge in [-0.1, -0.05) is 12.1 Å². The summed E-state index contributed by atoms with van der Waals surface area (Å²) in [7, 11) is 0. The van der Waals surface area contributed by atoms with Crippen LogP contribution in [0.4, 0.5) is 0 Å². The van der Waals surface area contributed by atoms with Crippen molar-refractivity contribution in [3.8, 4) is 5.75 Å². The van der Waals surface area contributed by atoms with Crippen molar-refractivity contribution in [2.24, 2.45) is 0 Å². The Kier molecular flexibility index (Phi) is 6.49. The van der Waals surface area contributed by atoms with E-state index < -0.39 is 0 Å². The molecule has 2 amide bonds. The molecule has 1 aromatic heterocycles. The number of para-hydroxylation sites is 2. The van der Waals surface area contributed by atoms with Crippen molar-refractivity contribution in [2.45, 2.75) is 33.4 Å². The molecular weight excluding hydrogens is 368 g/mol. The van der Waals surface area contributed by atoms with E-state index in [0.29, 0.717) is 24.4 Å². The van der Waals surface area contributed by atoms with E-state index in [2.05, 4.69) is 20.2 Å². The van der Waals surface area contributed by atoms with E-state index in [1.165, 1.54) is 0 Å². The fourth-order valence-corrected chi connectivity index (χ4v) is 3.07. The maximum atomic E-state index is 12.2. The lowest BCUT2D eigenvalue weighted by Gasteiger charge is -2.11. The van der Waals surface area contributed by atoms with E-state index >= 15 is 0 Å². The van der Waals surface area contributed by atoms with E-state index in [0.717, 1.165) is 16.9 Å². The molecule has 0 aliphatic rings. The third kappa shape index (κ3) is 5.34. The highest BCUT2D eigenvalue weighted by atomic mass is 16.5. The molecule has 2 N–H and O–H groups in total. The molecule has 1 heterocycles. The topological polar surface area (TPSA) is 85.3 Å². The second kappa shape index (κ2) is 9.23. The van der Waals surface area contributed by atoms with Crippen LogP contribution in [0.5, 0.6) is 5.75 Å². The standard InChI is InChI=1S/C22H26N4O3/c1-15(2)29-18-10-8-17(9-11-18)22(28)24-14-21(27)23-12-13-26-16(3)25-19-6-4-5-7-20(19)26/h4-11,15H,12-14H2,1-3H3,(H,23,27)(H,24,28). The zero-order chi connectivity index (χ0) is 20.8. The summed E-state index contributed by atoms with van der Waals surface area (Å²) in [6.07, 6.45) is 0.0717. The van der Waals surface area contributed by atoms with Crippen molar-refractivity contribution < 1.29 is 14.3 Å². The first-order valence-electron chi connectivity index (χ1n) is 9.67. The number of aryl methyl sites for hydroxylation is 1. The molecule has 0 saturated carbocycles. The highest BCUT2D eigenvalue weighted by Gasteiger charge is 2.10. The van der Waals surface area contributed by atoms with Crippen molar-refractivity contribution in [1.82, 2.24) is 20.2 Å². The fourth-order valence-electron chi connectivity index (χ4n) is 3.07. The number of ether oxygens (including phenoxy) is 1. The Labute approximate surface area is 170 Å². The number of imidazole rings is 1. The molecule has 29 heavy (non-hydrogen) atoms. The van der Waals surface area contributed by atoms with Gasteiger partial charge in [0, 0.05) is 18.7 Å². The van der Waals surface area contributed by atoms with Gasteiger partial charge in [-0.05, 0) is 57.2 Å². The van der Waals surface area contributed by atoms with E-state index in [1.54, 1.807) is 24.3 Å². The van der Waals surface area contributed by atoms with Crippen LogP contribution in [0.2, 0.25) is 0 Å². The zero-order valence-corrected chi connectivity index (χ0v) is 16.9. The summed E-state index contributed by atoms with van der Waals surface area (Å²) in [5, 5.41) is 5.46. The van der Waals surface area contributed by atoms with Crippen molar-refractivity contribution in [1.29, 1.82) is 0 Å². The number of benzene rings is 2. The first-order chi connectivity index (χ1) is 13.9. The van der Waals surface area contributed by atoms with Gasteiger partial charge in [-0.25, -0.2) is 4.98 Å². The van der Waals surface area contributed by atoms with Gasteiger partial charge in [-0.15, -0.1) is 0 Å². The third-order valence-corrected chi connectivity index (χ3v) is 4.40. The van der Waals surface area contributed by atoms with Gasteiger partial charge in [0.1, 0.15) is 11.6 Å². The van der Waals surface area contributed by atoms with Crippen LogP contribution in [0.3, 0.4) is 0 Å². The lowest BCUT2D eigenvalue weighted by molar-refractivity contribution is -0.120. The normalized spacial score (nSPS) is 10.9. The van der Waals surface area contributed by atoms with Crippen LogP contribution in [-0.2, 0) is 11.3 Å². The number of aromatic nitrogens is 2. The second-order valence-corrected chi connectivity index (χ2v) is 7.02. The average molecular weight is 394 g/mol. The highest BCUT2D eigenvalue weighted by molar-refractivity contribution is 5.96. The minimum Gasteiger partial charge on any atom is -0.491 e. The molecule has 152 valence electrons. The molecule has 2 aromatic carbocycles. The Morgan fingerprint density at radius 3 is 2.52 bits per heavy atom. The summed E-state index contributed by atoms with van der Waals surface area (Å²) in [5.74, 6) is 1.07. The molecule has 7 heteroatoms. The number of hydrogen-bond donors (Lipinski definition) is 2. The molecule has 0 bridgehead atoms. The molecule has 7 nitrogen and oxygen atoms in total. The monoisotopic (exact) mass is 394 g/mol. The zero-order valence-electron chi connectivity index (χ0n) is 16.9. The SMILES string of the molecule is Cc1nc2ccccc2n1CCNC(=O)CNC(=O)c1ccc(OC(C)C)cc1. The first kappa shape index (κ1) is 20.4. The molecule has 0 radical (unpaired) electrons. The van der Waals surface area contributed by atoms with Crippen molar-refractivity contribution >= 4 is 22.8 Å². The summed E-state index contributed by atoms with van der Waals surface area (Å²) >= 11 is 0. The second-order valence-electron chi connectivity index (χ2n) is 7.02. The van der Waals surface area contributed by atoms with Gasteiger partial charge in [0.2, 0.25) is 5.91 Å². The van der Waals surface area contributed by atoms with Gasteiger partial charge in [0.05, 0.1) is 23.7 Å². The van der Waals surface area contributed by atoms with Gasteiger partial charge < -0.3 is 19.9 Å². The average Bonchev–Trinajstić information content (AvgIpc) is 3.01. The number of carbonyl (C=O) groups is 2. The Bertz CT molecular complexity index is 993. The van der Waals surface area contributed by atoms with Gasteiger partial charge in [0.25, 0.3) is 5.91 Å². The number of hydrogen-bond acceptors (Lipinski definition) is 4. The van der Waals surface area contributed by atoms with Crippen molar-refractivity contribution in [2.75, 3.05) is 13.1 Å². The number of rotatable bonds is 8. The summed E-state index contributed by atoms with van der Waals surface area (Å²) in [4.78, 5) is 28.8. The summed E-state index contributed by atoms with van der Waals surface area (Å²) in [6.45, 7) is 6.82. The lowest BCUT2D eigenvalue weighted by atomic mass is 10.2. The number of fused-ring (bicyclic) bond motifs is 1. The van der Waals surface area contributed by atoms with Crippen LogP contribution < -0.4 is 15.4 Å². The van der Waals surface area contributed by atoms with Crippen LogP contribution in [0.1, 0.15) is 30.0 Å². The van der Waals surface area contributed by atoms with E-state index in [4.69, 9.17) is 4.74 Å². The smallest absolute Gasteiger partial charge is 0.251 e. The van der Waals surface area contributed by atoms with Crippen LogP contribution in [0, 0.1) is 6.92 Å². The minimum atomic E-state index is -0.298. The van der Waals surface area contributed by atoms with Gasteiger partial charge >= 0.3 is 0 Å². The molecule has 0 aliphatic heterocycles. The molecule has 0 spiro atoms. The van der Waals surface area contributed by atoms with Crippen molar-refractivity contribution in [3.63, 3.8) is 0 Å². The minimum absolute atomic E-state index is 0.0717. The first-order valence-corrected chi connectivity index (χ1v) is 9.67. The molecule has 0 unspecified atom stereocenters. The molecular formula is C22H26N4O3. The molecule has 0 fully saturated rings. The van der Waals surface area contributed by atoms with E-state index in [9.17, 15) is 9.59 Å². The van der Waals surface area contributed by atoms with E-state index in [1.807, 2.05) is 45.0 Å². The van der Waals surface area contributed by atoms with E-state index in [-0.39, 0.29) is 24.5 Å². The number of nitrogens with zero attached hydrogens (tertiary/aromatic N) is 2. The Morgan fingerprint density at radius 2 is 1.79 bits per heavy atom. The molecule has 0 atom stereocenters. The van der Waals surface area contributed by atoms with Crippen LogP contribution in [0.25, 0.3) is 11.0 Å². The summed E-state index contributed by atoms with van der Waals surface area (Å²) in [6, 6.07) is 14.7. The molecule has 3 rings (SSSR count).